The zero-order valence-corrected chi connectivity index (χ0v) is 12.6. The van der Waals surface area contributed by atoms with E-state index in [0.29, 0.717) is 5.69 Å². The second-order valence-electron chi connectivity index (χ2n) is 4.81. The molecular weight excluding hydrogens is 292 g/mol. The molecule has 0 fully saturated rings. The number of carbonyl (C=O) groups is 1. The maximum Gasteiger partial charge on any atom is 0.196 e. The van der Waals surface area contributed by atoms with Crippen LogP contribution in [0.3, 0.4) is 0 Å². The standard InChI is InChI=1S/C15H15ClN2OS/c16-9-14(19)12-10-20-15(17-12)18-8-4-3-6-11-5-1-2-7-13(11)18/h1-2,5,7,10H,3-4,6,8-9H2. The van der Waals surface area contributed by atoms with Gasteiger partial charge in [0, 0.05) is 17.6 Å². The molecule has 3 nitrogen and oxygen atoms in total. The molecule has 1 aromatic carbocycles. The average molecular weight is 307 g/mol. The summed E-state index contributed by atoms with van der Waals surface area (Å²) in [5.74, 6) is -0.128. The number of nitrogens with zero attached hydrogens (tertiary/aromatic N) is 2. The van der Waals surface area contributed by atoms with Crippen molar-refractivity contribution in [2.24, 2.45) is 0 Å². The van der Waals surface area contributed by atoms with Gasteiger partial charge >= 0.3 is 0 Å². The largest absolute Gasteiger partial charge is 0.318 e. The zero-order chi connectivity index (χ0) is 13.9. The van der Waals surface area contributed by atoms with Gasteiger partial charge in [0.25, 0.3) is 0 Å². The highest BCUT2D eigenvalue weighted by Crippen LogP contribution is 2.34. The Balaban J connectivity index is 1.97. The van der Waals surface area contributed by atoms with Crippen molar-refractivity contribution in [1.82, 2.24) is 4.98 Å². The highest BCUT2D eigenvalue weighted by molar-refractivity contribution is 7.14. The van der Waals surface area contributed by atoms with Crippen LogP contribution in [0.5, 0.6) is 0 Å². The third kappa shape index (κ3) is 2.58. The molecule has 0 saturated heterocycles. The van der Waals surface area contributed by atoms with Gasteiger partial charge in [-0.1, -0.05) is 18.2 Å². The Labute approximate surface area is 127 Å². The fraction of sp³-hybridized carbons (Fsp3) is 0.333. The van der Waals surface area contributed by atoms with Crippen LogP contribution < -0.4 is 4.90 Å². The molecule has 0 amide bonds. The number of fused-ring (bicyclic) bond motifs is 1. The van der Waals surface area contributed by atoms with Crippen LogP contribution in [0.1, 0.15) is 28.9 Å². The minimum atomic E-state index is -0.114. The minimum absolute atomic E-state index is 0.0141. The van der Waals surface area contributed by atoms with Crippen molar-refractivity contribution < 1.29 is 4.79 Å². The van der Waals surface area contributed by atoms with Crippen molar-refractivity contribution in [3.63, 3.8) is 0 Å². The fourth-order valence-electron chi connectivity index (χ4n) is 2.47. The topological polar surface area (TPSA) is 33.2 Å². The van der Waals surface area contributed by atoms with Gasteiger partial charge in [-0.05, 0) is 30.9 Å². The van der Waals surface area contributed by atoms with E-state index in [4.69, 9.17) is 11.6 Å². The number of halogens is 1. The Morgan fingerprint density at radius 3 is 3.05 bits per heavy atom. The molecule has 1 aliphatic heterocycles. The van der Waals surface area contributed by atoms with Crippen molar-refractivity contribution in [2.75, 3.05) is 17.3 Å². The number of hydrogen-bond acceptors (Lipinski definition) is 4. The second kappa shape index (κ2) is 5.94. The molecule has 3 rings (SSSR count). The molecule has 2 aromatic rings. The van der Waals surface area contributed by atoms with Crippen LogP contribution in [0, 0.1) is 0 Å². The van der Waals surface area contributed by atoms with Crippen molar-refractivity contribution in [3.8, 4) is 0 Å². The molecular formula is C15H15ClN2OS. The van der Waals surface area contributed by atoms with E-state index in [2.05, 4.69) is 34.1 Å². The summed E-state index contributed by atoms with van der Waals surface area (Å²) >= 11 is 7.10. The van der Waals surface area contributed by atoms with Crippen LogP contribution in [-0.2, 0) is 6.42 Å². The molecule has 0 spiro atoms. The lowest BCUT2D eigenvalue weighted by atomic mass is 10.1. The molecule has 2 heterocycles. The molecule has 0 saturated carbocycles. The lowest BCUT2D eigenvalue weighted by Crippen LogP contribution is -2.18. The number of anilines is 2. The van der Waals surface area contributed by atoms with E-state index in [1.165, 1.54) is 29.0 Å². The van der Waals surface area contributed by atoms with Crippen LogP contribution in [0.25, 0.3) is 0 Å². The van der Waals surface area contributed by atoms with Gasteiger partial charge in [0.15, 0.2) is 10.9 Å². The van der Waals surface area contributed by atoms with Crippen LogP contribution in [0.4, 0.5) is 10.8 Å². The predicted octanol–water partition coefficient (Wildman–Crippen LogP) is 4.04. The molecule has 0 aliphatic carbocycles. The van der Waals surface area contributed by atoms with Gasteiger partial charge in [-0.15, -0.1) is 22.9 Å². The smallest absolute Gasteiger partial charge is 0.196 e. The maximum atomic E-state index is 11.6. The summed E-state index contributed by atoms with van der Waals surface area (Å²) in [5, 5.41) is 2.68. The average Bonchev–Trinajstić information content (AvgIpc) is 2.87. The summed E-state index contributed by atoms with van der Waals surface area (Å²) in [5.41, 5.74) is 3.04. The molecule has 104 valence electrons. The van der Waals surface area contributed by atoms with Gasteiger partial charge in [0.2, 0.25) is 0 Å². The molecule has 5 heteroatoms. The van der Waals surface area contributed by atoms with Crippen LogP contribution in [-0.4, -0.2) is 23.2 Å². The van der Waals surface area contributed by atoms with Crippen molar-refractivity contribution >= 4 is 39.5 Å². The van der Waals surface area contributed by atoms with E-state index < -0.39 is 0 Å². The van der Waals surface area contributed by atoms with Gasteiger partial charge in [-0.2, -0.15) is 0 Å². The first-order chi connectivity index (χ1) is 9.79. The molecule has 0 N–H and O–H groups in total. The summed E-state index contributed by atoms with van der Waals surface area (Å²) in [6.45, 7) is 0.943. The number of carbonyl (C=O) groups excluding carboxylic acids is 1. The summed E-state index contributed by atoms with van der Waals surface area (Å²) in [4.78, 5) is 18.3. The van der Waals surface area contributed by atoms with Crippen LogP contribution >= 0.6 is 22.9 Å². The van der Waals surface area contributed by atoms with Crippen LogP contribution in [0.2, 0.25) is 0 Å². The summed E-state index contributed by atoms with van der Waals surface area (Å²) < 4.78 is 0. The summed E-state index contributed by atoms with van der Waals surface area (Å²) in [6, 6.07) is 8.43. The second-order valence-corrected chi connectivity index (χ2v) is 5.91. The minimum Gasteiger partial charge on any atom is -0.318 e. The Morgan fingerprint density at radius 1 is 1.35 bits per heavy atom. The number of rotatable bonds is 3. The molecule has 1 aliphatic rings. The Hall–Kier alpha value is -1.39. The summed E-state index contributed by atoms with van der Waals surface area (Å²) in [6.07, 6.45) is 3.42. The zero-order valence-electron chi connectivity index (χ0n) is 11.0. The molecule has 0 radical (unpaired) electrons. The number of aromatic nitrogens is 1. The third-order valence-corrected chi connectivity index (χ3v) is 4.60. The molecule has 1 aromatic heterocycles. The quantitative estimate of drug-likeness (QED) is 0.634. The van der Waals surface area contributed by atoms with Gasteiger partial charge < -0.3 is 4.90 Å². The van der Waals surface area contributed by atoms with Gasteiger partial charge in [-0.3, -0.25) is 4.79 Å². The lowest BCUT2D eigenvalue weighted by Gasteiger charge is -2.21. The number of benzene rings is 1. The first-order valence-corrected chi connectivity index (χ1v) is 8.11. The van der Waals surface area contributed by atoms with E-state index in [1.807, 2.05) is 0 Å². The normalized spacial score (nSPS) is 14.8. The number of Topliss-reactive ketones (excluding diaryl/α,β-unsaturated/α-hetero) is 1. The molecule has 0 atom stereocenters. The number of thiazole rings is 1. The van der Waals surface area contributed by atoms with E-state index in [1.54, 1.807) is 5.38 Å². The lowest BCUT2D eigenvalue weighted by molar-refractivity contribution is 0.101. The fourth-order valence-corrected chi connectivity index (χ4v) is 3.48. The number of aryl methyl sites for hydroxylation is 1. The van der Waals surface area contributed by atoms with Gasteiger partial charge in [0.1, 0.15) is 5.69 Å². The van der Waals surface area contributed by atoms with Gasteiger partial charge in [-0.25, -0.2) is 4.98 Å². The van der Waals surface area contributed by atoms with E-state index >= 15 is 0 Å². The maximum absolute atomic E-state index is 11.6. The first kappa shape index (κ1) is 13.6. The van der Waals surface area contributed by atoms with Gasteiger partial charge in [0.05, 0.1) is 5.88 Å². The third-order valence-electron chi connectivity index (χ3n) is 3.49. The number of alkyl halides is 1. The van der Waals surface area contributed by atoms with E-state index in [9.17, 15) is 4.79 Å². The number of para-hydroxylation sites is 1. The molecule has 20 heavy (non-hydrogen) atoms. The molecule has 0 bridgehead atoms. The predicted molar refractivity (Wildman–Crippen MR) is 83.6 cm³/mol. The SMILES string of the molecule is O=C(CCl)c1csc(N2CCCCc3ccccc32)n1. The highest BCUT2D eigenvalue weighted by Gasteiger charge is 2.20. The van der Waals surface area contributed by atoms with Crippen molar-refractivity contribution in [2.45, 2.75) is 19.3 Å². The highest BCUT2D eigenvalue weighted by atomic mass is 35.5. The molecule has 0 unspecified atom stereocenters. The van der Waals surface area contributed by atoms with Crippen molar-refractivity contribution in [1.29, 1.82) is 0 Å². The Bertz CT molecular complexity index is 626. The Morgan fingerprint density at radius 2 is 2.20 bits per heavy atom. The first-order valence-electron chi connectivity index (χ1n) is 6.69. The monoisotopic (exact) mass is 306 g/mol. The number of ketones is 1. The van der Waals surface area contributed by atoms with Crippen LogP contribution in [0.15, 0.2) is 29.6 Å². The Kier molecular flexibility index (Phi) is 4.03. The summed E-state index contributed by atoms with van der Waals surface area (Å²) in [7, 11) is 0. The van der Waals surface area contributed by atoms with E-state index in [0.717, 1.165) is 24.5 Å². The van der Waals surface area contributed by atoms with E-state index in [-0.39, 0.29) is 11.7 Å². The number of hydrogen-bond donors (Lipinski definition) is 0. The van der Waals surface area contributed by atoms with Crippen molar-refractivity contribution in [3.05, 3.63) is 40.9 Å².